The maximum absolute atomic E-state index is 11.5. The van der Waals surface area contributed by atoms with Crippen molar-refractivity contribution in [3.63, 3.8) is 0 Å². The largest absolute Gasteiger partial charge is 0.393 e. The summed E-state index contributed by atoms with van der Waals surface area (Å²) in [5.74, 6) is -0.488. The summed E-state index contributed by atoms with van der Waals surface area (Å²) in [7, 11) is 1.60. The Morgan fingerprint density at radius 2 is 2.21 bits per heavy atom. The lowest BCUT2D eigenvalue weighted by atomic mass is 10.1. The van der Waals surface area contributed by atoms with Gasteiger partial charge in [-0.15, -0.1) is 0 Å². The standard InChI is InChI=1S/C9H18N2O2S/c1-4-7(8(10)14)9(12)11-5-6(2)13-3/h6-7H,4-5H2,1-3H3,(H2,10,14)(H,11,12). The molecule has 0 fully saturated rings. The fourth-order valence-electron chi connectivity index (χ4n) is 0.967. The molecule has 0 rings (SSSR count). The Bertz CT molecular complexity index is 209. The minimum absolute atomic E-state index is 0.00259. The molecule has 0 heterocycles. The SMILES string of the molecule is CCC(C(=O)NCC(C)OC)C(N)=S. The Hall–Kier alpha value is -0.680. The molecular formula is C9H18N2O2S. The van der Waals surface area contributed by atoms with Gasteiger partial charge >= 0.3 is 0 Å². The van der Waals surface area contributed by atoms with E-state index in [1.54, 1.807) is 7.11 Å². The van der Waals surface area contributed by atoms with Crippen LogP contribution < -0.4 is 11.1 Å². The van der Waals surface area contributed by atoms with Gasteiger partial charge in [-0.1, -0.05) is 19.1 Å². The predicted molar refractivity (Wildman–Crippen MR) is 60.0 cm³/mol. The summed E-state index contributed by atoms with van der Waals surface area (Å²) in [6.45, 7) is 4.24. The molecule has 0 saturated heterocycles. The number of carbonyl (C=O) groups is 1. The van der Waals surface area contributed by atoms with E-state index in [4.69, 9.17) is 22.7 Å². The zero-order valence-electron chi connectivity index (χ0n) is 8.87. The van der Waals surface area contributed by atoms with Gasteiger partial charge in [-0.25, -0.2) is 0 Å². The molecule has 5 heteroatoms. The second kappa shape index (κ2) is 6.73. The number of methoxy groups -OCH3 is 1. The van der Waals surface area contributed by atoms with Gasteiger partial charge in [0.1, 0.15) is 0 Å². The lowest BCUT2D eigenvalue weighted by Gasteiger charge is -2.15. The van der Waals surface area contributed by atoms with Crippen LogP contribution in [-0.4, -0.2) is 30.7 Å². The van der Waals surface area contributed by atoms with Crippen molar-refractivity contribution in [1.29, 1.82) is 0 Å². The lowest BCUT2D eigenvalue weighted by molar-refractivity contribution is -0.123. The zero-order valence-corrected chi connectivity index (χ0v) is 9.69. The fraction of sp³-hybridized carbons (Fsp3) is 0.778. The van der Waals surface area contributed by atoms with Crippen molar-refractivity contribution in [2.75, 3.05) is 13.7 Å². The van der Waals surface area contributed by atoms with Crippen molar-refractivity contribution in [3.05, 3.63) is 0 Å². The van der Waals surface area contributed by atoms with Crippen LogP contribution in [0.3, 0.4) is 0 Å². The number of nitrogens with one attached hydrogen (secondary N) is 1. The quantitative estimate of drug-likeness (QED) is 0.635. The van der Waals surface area contributed by atoms with Crippen LogP contribution in [0.1, 0.15) is 20.3 Å². The Kier molecular flexibility index (Phi) is 6.40. The predicted octanol–water partition coefficient (Wildman–Crippen LogP) is 0.450. The van der Waals surface area contributed by atoms with E-state index in [9.17, 15) is 4.79 Å². The highest BCUT2D eigenvalue weighted by atomic mass is 32.1. The third-order valence-electron chi connectivity index (χ3n) is 2.03. The van der Waals surface area contributed by atoms with E-state index < -0.39 is 0 Å². The summed E-state index contributed by atoms with van der Waals surface area (Å²) in [4.78, 5) is 11.7. The number of rotatable bonds is 6. The molecule has 0 aromatic rings. The molecule has 2 unspecified atom stereocenters. The van der Waals surface area contributed by atoms with Gasteiger partial charge in [0.2, 0.25) is 5.91 Å². The summed E-state index contributed by atoms with van der Waals surface area (Å²) < 4.78 is 5.00. The van der Waals surface area contributed by atoms with Crippen molar-refractivity contribution in [3.8, 4) is 0 Å². The fourth-order valence-corrected chi connectivity index (χ4v) is 1.24. The molecule has 0 radical (unpaired) electrons. The van der Waals surface area contributed by atoms with Crippen molar-refractivity contribution in [1.82, 2.24) is 5.32 Å². The molecule has 3 N–H and O–H groups in total. The monoisotopic (exact) mass is 218 g/mol. The second-order valence-corrected chi connectivity index (χ2v) is 3.63. The first-order valence-electron chi connectivity index (χ1n) is 4.62. The summed E-state index contributed by atoms with van der Waals surface area (Å²) in [5, 5.41) is 2.73. The number of hydrogen-bond donors (Lipinski definition) is 2. The number of hydrogen-bond acceptors (Lipinski definition) is 3. The smallest absolute Gasteiger partial charge is 0.230 e. The molecule has 4 nitrogen and oxygen atoms in total. The number of thiocarbonyl (C=S) groups is 1. The molecule has 0 aliphatic heterocycles. The highest BCUT2D eigenvalue weighted by molar-refractivity contribution is 7.80. The van der Waals surface area contributed by atoms with Crippen LogP contribution in [0.15, 0.2) is 0 Å². The van der Waals surface area contributed by atoms with Crippen molar-refractivity contribution >= 4 is 23.1 Å². The zero-order chi connectivity index (χ0) is 11.1. The van der Waals surface area contributed by atoms with E-state index in [1.807, 2.05) is 13.8 Å². The van der Waals surface area contributed by atoms with Gasteiger partial charge in [0.05, 0.1) is 17.0 Å². The Morgan fingerprint density at radius 3 is 2.57 bits per heavy atom. The van der Waals surface area contributed by atoms with Gasteiger partial charge in [0, 0.05) is 13.7 Å². The van der Waals surface area contributed by atoms with Gasteiger partial charge in [-0.05, 0) is 13.3 Å². The molecule has 0 aromatic carbocycles. The first-order valence-corrected chi connectivity index (χ1v) is 5.03. The Labute approximate surface area is 90.2 Å². The molecule has 82 valence electrons. The van der Waals surface area contributed by atoms with E-state index in [0.29, 0.717) is 13.0 Å². The van der Waals surface area contributed by atoms with Crippen LogP contribution in [0.4, 0.5) is 0 Å². The van der Waals surface area contributed by atoms with Crippen LogP contribution in [0.2, 0.25) is 0 Å². The maximum atomic E-state index is 11.5. The molecule has 1 amide bonds. The van der Waals surface area contributed by atoms with Crippen molar-refractivity contribution < 1.29 is 9.53 Å². The lowest BCUT2D eigenvalue weighted by Crippen LogP contribution is -2.40. The van der Waals surface area contributed by atoms with Crippen molar-refractivity contribution in [2.45, 2.75) is 26.4 Å². The summed E-state index contributed by atoms with van der Waals surface area (Å²) in [6, 6.07) is 0. The number of nitrogens with two attached hydrogens (primary N) is 1. The van der Waals surface area contributed by atoms with Crippen LogP contribution >= 0.6 is 12.2 Å². The van der Waals surface area contributed by atoms with Gasteiger partial charge < -0.3 is 15.8 Å². The molecule has 0 saturated carbocycles. The second-order valence-electron chi connectivity index (χ2n) is 3.15. The van der Waals surface area contributed by atoms with Gasteiger partial charge in [-0.3, -0.25) is 4.79 Å². The molecule has 2 atom stereocenters. The van der Waals surface area contributed by atoms with E-state index in [0.717, 1.165) is 0 Å². The summed E-state index contributed by atoms with van der Waals surface area (Å²) in [6.07, 6.45) is 0.630. The van der Waals surface area contributed by atoms with Crippen LogP contribution in [-0.2, 0) is 9.53 Å². The topological polar surface area (TPSA) is 64.3 Å². The first-order chi connectivity index (χ1) is 6.52. The molecule has 14 heavy (non-hydrogen) atoms. The average molecular weight is 218 g/mol. The highest BCUT2D eigenvalue weighted by Crippen LogP contribution is 2.02. The number of carbonyl (C=O) groups excluding carboxylic acids is 1. The third-order valence-corrected chi connectivity index (χ3v) is 2.32. The van der Waals surface area contributed by atoms with E-state index >= 15 is 0 Å². The van der Waals surface area contributed by atoms with E-state index in [-0.39, 0.29) is 22.9 Å². The molecule has 0 aliphatic carbocycles. The van der Waals surface area contributed by atoms with Gasteiger partial charge in [-0.2, -0.15) is 0 Å². The Balaban J connectivity index is 3.99. The number of ether oxygens (including phenoxy) is 1. The van der Waals surface area contributed by atoms with Crippen LogP contribution in [0.25, 0.3) is 0 Å². The maximum Gasteiger partial charge on any atom is 0.230 e. The molecule has 0 spiro atoms. The van der Waals surface area contributed by atoms with Gasteiger partial charge in [0.25, 0.3) is 0 Å². The minimum Gasteiger partial charge on any atom is -0.393 e. The van der Waals surface area contributed by atoms with Crippen molar-refractivity contribution in [2.24, 2.45) is 11.7 Å². The average Bonchev–Trinajstić information content (AvgIpc) is 2.14. The van der Waals surface area contributed by atoms with Gasteiger partial charge in [0.15, 0.2) is 0 Å². The molecule has 0 aromatic heterocycles. The number of amides is 1. The minimum atomic E-state index is -0.367. The normalized spacial score (nSPS) is 14.5. The Morgan fingerprint density at radius 1 is 1.64 bits per heavy atom. The summed E-state index contributed by atoms with van der Waals surface area (Å²) >= 11 is 4.79. The van der Waals surface area contributed by atoms with E-state index in [1.165, 1.54) is 0 Å². The highest BCUT2D eigenvalue weighted by Gasteiger charge is 2.19. The molecular weight excluding hydrogens is 200 g/mol. The van der Waals surface area contributed by atoms with Crippen LogP contribution in [0.5, 0.6) is 0 Å². The summed E-state index contributed by atoms with van der Waals surface area (Å²) in [5.41, 5.74) is 5.43. The van der Waals surface area contributed by atoms with Crippen LogP contribution in [0, 0.1) is 5.92 Å². The first kappa shape index (κ1) is 13.3. The third kappa shape index (κ3) is 4.53. The molecule has 0 aliphatic rings. The van der Waals surface area contributed by atoms with E-state index in [2.05, 4.69) is 5.32 Å². The molecule has 0 bridgehead atoms.